The Morgan fingerprint density at radius 2 is 1.80 bits per heavy atom. The lowest BCUT2D eigenvalue weighted by molar-refractivity contribution is 0.203. The molecule has 1 heterocycles. The molecule has 2 heteroatoms. The van der Waals surface area contributed by atoms with Gasteiger partial charge in [0.25, 0.3) is 0 Å². The number of hydrogen-bond acceptors (Lipinski definition) is 2. The van der Waals surface area contributed by atoms with Crippen LogP contribution in [0.2, 0.25) is 0 Å². The second-order valence-corrected chi connectivity index (χ2v) is 8.55. The molecule has 1 aliphatic heterocycles. The molecule has 0 amide bonds. The fraction of sp³-hybridized carbons (Fsp3) is 1.00. The van der Waals surface area contributed by atoms with Crippen molar-refractivity contribution in [1.29, 1.82) is 0 Å². The van der Waals surface area contributed by atoms with Gasteiger partial charge in [-0.1, -0.05) is 6.42 Å². The number of rotatable bonds is 4. The molecule has 20 heavy (non-hydrogen) atoms. The van der Waals surface area contributed by atoms with Crippen LogP contribution in [0.1, 0.15) is 51.4 Å². The molecule has 5 rings (SSSR count). The highest BCUT2D eigenvalue weighted by molar-refractivity contribution is 5.05. The van der Waals surface area contributed by atoms with E-state index < -0.39 is 0 Å². The molecule has 1 N–H and O–H groups in total. The summed E-state index contributed by atoms with van der Waals surface area (Å²) in [6.07, 6.45) is 12.2. The Morgan fingerprint density at radius 1 is 0.900 bits per heavy atom. The van der Waals surface area contributed by atoms with Crippen LogP contribution in [0.25, 0.3) is 0 Å². The Bertz CT molecular complexity index is 378. The first-order valence-electron chi connectivity index (χ1n) is 9.36. The average Bonchev–Trinajstić information content (AvgIpc) is 2.91. The minimum atomic E-state index is 0.898. The van der Waals surface area contributed by atoms with Crippen LogP contribution >= 0.6 is 0 Å². The summed E-state index contributed by atoms with van der Waals surface area (Å²) >= 11 is 0. The molecular formula is C18H30N2. The number of hydrogen-bond donors (Lipinski definition) is 1. The lowest BCUT2D eigenvalue weighted by Gasteiger charge is -2.33. The molecule has 5 aliphatic rings. The maximum Gasteiger partial charge on any atom is 0.0101 e. The highest BCUT2D eigenvalue weighted by atomic mass is 15.2. The van der Waals surface area contributed by atoms with Crippen LogP contribution in [0, 0.1) is 29.6 Å². The SMILES string of the molecule is C1CC2C3CC(NCC4CCN(C5CC5)C4)C(C3)C2C1. The fourth-order valence-electron chi connectivity index (χ4n) is 6.42. The van der Waals surface area contributed by atoms with E-state index in [9.17, 15) is 0 Å². The van der Waals surface area contributed by atoms with Crippen molar-refractivity contribution >= 4 is 0 Å². The minimum Gasteiger partial charge on any atom is -0.313 e. The van der Waals surface area contributed by atoms with Gasteiger partial charge in [-0.25, -0.2) is 0 Å². The van der Waals surface area contributed by atoms with Crippen molar-refractivity contribution in [3.63, 3.8) is 0 Å². The molecule has 0 aromatic heterocycles. The number of likely N-dealkylation sites (tertiary alicyclic amines) is 1. The lowest BCUT2D eigenvalue weighted by Crippen LogP contribution is -2.41. The Labute approximate surface area is 123 Å². The van der Waals surface area contributed by atoms with E-state index in [-0.39, 0.29) is 0 Å². The Balaban J connectivity index is 1.14. The molecule has 0 spiro atoms. The standard InChI is InChI=1S/C18H30N2/c1-2-15-13-8-17(16(15)3-1)18(9-13)19-10-12-6-7-20(11-12)14-4-5-14/h12-19H,1-11H2. The molecule has 0 aromatic rings. The summed E-state index contributed by atoms with van der Waals surface area (Å²) in [5, 5.41) is 4.02. The predicted octanol–water partition coefficient (Wildman–Crippen LogP) is 2.89. The second-order valence-electron chi connectivity index (χ2n) is 8.55. The maximum atomic E-state index is 4.02. The molecule has 0 aromatic carbocycles. The van der Waals surface area contributed by atoms with Crippen LogP contribution in [-0.2, 0) is 0 Å². The van der Waals surface area contributed by atoms with Gasteiger partial charge in [-0.3, -0.25) is 0 Å². The van der Waals surface area contributed by atoms with Gasteiger partial charge >= 0.3 is 0 Å². The van der Waals surface area contributed by atoms with Gasteiger partial charge in [-0.15, -0.1) is 0 Å². The van der Waals surface area contributed by atoms with E-state index in [1.165, 1.54) is 51.7 Å². The fourth-order valence-corrected chi connectivity index (χ4v) is 6.42. The van der Waals surface area contributed by atoms with Crippen LogP contribution in [0.4, 0.5) is 0 Å². The molecule has 6 unspecified atom stereocenters. The van der Waals surface area contributed by atoms with Crippen molar-refractivity contribution in [2.45, 2.75) is 63.5 Å². The average molecular weight is 274 g/mol. The van der Waals surface area contributed by atoms with E-state index in [0.29, 0.717) is 0 Å². The second kappa shape index (κ2) is 4.71. The molecule has 4 aliphatic carbocycles. The number of fused-ring (bicyclic) bond motifs is 5. The van der Waals surface area contributed by atoms with Crippen molar-refractivity contribution < 1.29 is 0 Å². The maximum absolute atomic E-state index is 4.02. The van der Waals surface area contributed by atoms with Crippen LogP contribution in [0.3, 0.4) is 0 Å². The van der Waals surface area contributed by atoms with Crippen molar-refractivity contribution in [3.05, 3.63) is 0 Å². The van der Waals surface area contributed by atoms with Gasteiger partial charge in [-0.05, 0) is 87.6 Å². The smallest absolute Gasteiger partial charge is 0.0101 e. The zero-order chi connectivity index (χ0) is 13.1. The van der Waals surface area contributed by atoms with Gasteiger partial charge in [0.05, 0.1) is 0 Å². The predicted molar refractivity (Wildman–Crippen MR) is 81.5 cm³/mol. The topological polar surface area (TPSA) is 15.3 Å². The lowest BCUT2D eigenvalue weighted by atomic mass is 9.79. The van der Waals surface area contributed by atoms with Crippen molar-refractivity contribution in [2.75, 3.05) is 19.6 Å². The van der Waals surface area contributed by atoms with E-state index in [1.807, 2.05) is 0 Å². The molecule has 2 nitrogen and oxygen atoms in total. The van der Waals surface area contributed by atoms with Gasteiger partial charge in [-0.2, -0.15) is 0 Å². The van der Waals surface area contributed by atoms with Gasteiger partial charge in [0.15, 0.2) is 0 Å². The third kappa shape index (κ3) is 1.98. The van der Waals surface area contributed by atoms with E-state index >= 15 is 0 Å². The van der Waals surface area contributed by atoms with E-state index in [2.05, 4.69) is 10.2 Å². The highest BCUT2D eigenvalue weighted by Crippen LogP contribution is 2.58. The molecule has 2 bridgehead atoms. The normalized spacial score (nSPS) is 51.0. The summed E-state index contributed by atoms with van der Waals surface area (Å²) in [6, 6.07) is 1.89. The first kappa shape index (κ1) is 12.5. The molecule has 6 atom stereocenters. The van der Waals surface area contributed by atoms with Gasteiger partial charge < -0.3 is 10.2 Å². The zero-order valence-electron chi connectivity index (χ0n) is 12.8. The Kier molecular flexibility index (Phi) is 2.93. The van der Waals surface area contributed by atoms with E-state index in [4.69, 9.17) is 0 Å². The van der Waals surface area contributed by atoms with Gasteiger partial charge in [0.2, 0.25) is 0 Å². The number of nitrogens with zero attached hydrogens (tertiary/aromatic N) is 1. The zero-order valence-corrected chi connectivity index (χ0v) is 12.8. The monoisotopic (exact) mass is 274 g/mol. The van der Waals surface area contributed by atoms with Crippen LogP contribution in [0.5, 0.6) is 0 Å². The van der Waals surface area contributed by atoms with E-state index in [1.54, 1.807) is 19.3 Å². The summed E-state index contributed by atoms with van der Waals surface area (Å²) in [5.41, 5.74) is 0. The minimum absolute atomic E-state index is 0.898. The van der Waals surface area contributed by atoms with Crippen LogP contribution in [0.15, 0.2) is 0 Å². The molecule has 112 valence electrons. The van der Waals surface area contributed by atoms with Crippen molar-refractivity contribution in [2.24, 2.45) is 29.6 Å². The van der Waals surface area contributed by atoms with Gasteiger partial charge in [0, 0.05) is 18.6 Å². The van der Waals surface area contributed by atoms with Crippen molar-refractivity contribution in [3.8, 4) is 0 Å². The molecule has 4 saturated carbocycles. The molecule has 1 saturated heterocycles. The summed E-state index contributed by atoms with van der Waals surface area (Å²) in [6.45, 7) is 4.09. The largest absolute Gasteiger partial charge is 0.313 e. The third-order valence-corrected chi connectivity index (χ3v) is 7.48. The van der Waals surface area contributed by atoms with Crippen LogP contribution < -0.4 is 5.32 Å². The molecular weight excluding hydrogens is 244 g/mol. The van der Waals surface area contributed by atoms with Crippen molar-refractivity contribution in [1.82, 2.24) is 10.2 Å². The Hall–Kier alpha value is -0.0800. The van der Waals surface area contributed by atoms with Gasteiger partial charge in [0.1, 0.15) is 0 Å². The van der Waals surface area contributed by atoms with Crippen LogP contribution in [-0.4, -0.2) is 36.6 Å². The molecule has 5 fully saturated rings. The highest BCUT2D eigenvalue weighted by Gasteiger charge is 2.53. The number of nitrogens with one attached hydrogen (secondary N) is 1. The third-order valence-electron chi connectivity index (χ3n) is 7.48. The quantitative estimate of drug-likeness (QED) is 0.848. The Morgan fingerprint density at radius 3 is 2.70 bits per heavy atom. The van der Waals surface area contributed by atoms with E-state index in [0.717, 1.165) is 41.7 Å². The summed E-state index contributed by atoms with van der Waals surface area (Å²) in [5.74, 6) is 5.40. The first-order valence-corrected chi connectivity index (χ1v) is 9.36. The summed E-state index contributed by atoms with van der Waals surface area (Å²) in [7, 11) is 0. The summed E-state index contributed by atoms with van der Waals surface area (Å²) in [4.78, 5) is 2.76. The first-order chi connectivity index (χ1) is 9.88. The molecule has 0 radical (unpaired) electrons. The summed E-state index contributed by atoms with van der Waals surface area (Å²) < 4.78 is 0.